The van der Waals surface area contributed by atoms with E-state index in [9.17, 15) is 9.18 Å². The van der Waals surface area contributed by atoms with E-state index in [-0.39, 0.29) is 10.5 Å². The number of nitrogens with zero attached hydrogens (tertiary/aromatic N) is 2. The normalized spacial score (nSPS) is 10.5. The second-order valence-electron chi connectivity index (χ2n) is 3.95. The van der Waals surface area contributed by atoms with Crippen LogP contribution >= 0.6 is 11.8 Å². The first-order valence-corrected chi connectivity index (χ1v) is 6.30. The number of aromatic nitrogens is 2. The summed E-state index contributed by atoms with van der Waals surface area (Å²) >= 11 is 1.07. The molecular weight excluding hydrogens is 267 g/mol. The van der Waals surface area contributed by atoms with E-state index in [2.05, 4.69) is 9.97 Å². The molecule has 0 spiro atoms. The van der Waals surface area contributed by atoms with Crippen LogP contribution in [0.15, 0.2) is 34.3 Å². The first-order valence-electron chi connectivity index (χ1n) is 5.48. The lowest BCUT2D eigenvalue weighted by Gasteiger charge is -2.06. The van der Waals surface area contributed by atoms with Gasteiger partial charge in [0, 0.05) is 6.20 Å². The third kappa shape index (κ3) is 3.08. The molecule has 0 saturated carbocycles. The van der Waals surface area contributed by atoms with E-state index in [1.54, 1.807) is 20.0 Å². The van der Waals surface area contributed by atoms with Crippen molar-refractivity contribution in [2.45, 2.75) is 23.8 Å². The summed E-state index contributed by atoms with van der Waals surface area (Å²) in [5.41, 5.74) is 1.45. The number of halogens is 1. The van der Waals surface area contributed by atoms with Crippen LogP contribution < -0.4 is 0 Å². The van der Waals surface area contributed by atoms with Crippen LogP contribution in [0, 0.1) is 19.7 Å². The minimum Gasteiger partial charge on any atom is -0.478 e. The molecule has 4 nitrogen and oxygen atoms in total. The molecule has 0 saturated heterocycles. The summed E-state index contributed by atoms with van der Waals surface area (Å²) in [5, 5.41) is 9.48. The number of carboxylic acids is 1. The highest BCUT2D eigenvalue weighted by molar-refractivity contribution is 7.99. The van der Waals surface area contributed by atoms with E-state index >= 15 is 0 Å². The third-order valence-electron chi connectivity index (χ3n) is 2.42. The van der Waals surface area contributed by atoms with Gasteiger partial charge in [0.15, 0.2) is 0 Å². The Morgan fingerprint density at radius 1 is 1.37 bits per heavy atom. The van der Waals surface area contributed by atoms with E-state index in [1.807, 2.05) is 0 Å². The molecule has 2 rings (SSSR count). The summed E-state index contributed by atoms with van der Waals surface area (Å²) in [4.78, 5) is 19.5. The van der Waals surface area contributed by atoms with Gasteiger partial charge < -0.3 is 5.11 Å². The number of hydrogen-bond acceptors (Lipinski definition) is 4. The average Bonchev–Trinajstić information content (AvgIpc) is 2.36. The number of hydrogen-bond donors (Lipinski definition) is 1. The molecule has 1 aromatic carbocycles. The summed E-state index contributed by atoms with van der Waals surface area (Å²) in [6.07, 6.45) is 1.63. The Morgan fingerprint density at radius 3 is 2.79 bits per heavy atom. The molecule has 1 N–H and O–H groups in total. The zero-order valence-corrected chi connectivity index (χ0v) is 11.2. The molecule has 0 aliphatic heterocycles. The first-order chi connectivity index (χ1) is 8.97. The second-order valence-corrected chi connectivity index (χ2v) is 4.99. The Kier molecular flexibility index (Phi) is 3.80. The molecule has 0 amide bonds. The standard InChI is InChI=1S/C13H11FN2O2S/c1-7-6-15-8(2)12(16-7)19-11-5-9(13(17)18)3-4-10(11)14/h3-6H,1-2H3,(H,17,18). The lowest BCUT2D eigenvalue weighted by atomic mass is 10.2. The van der Waals surface area contributed by atoms with Crippen LogP contribution in [0.2, 0.25) is 0 Å². The van der Waals surface area contributed by atoms with Crippen LogP contribution in [0.25, 0.3) is 0 Å². The Morgan fingerprint density at radius 2 is 2.11 bits per heavy atom. The van der Waals surface area contributed by atoms with Gasteiger partial charge in [0.05, 0.1) is 21.8 Å². The maximum Gasteiger partial charge on any atom is 0.335 e. The number of rotatable bonds is 3. The van der Waals surface area contributed by atoms with Gasteiger partial charge in [-0.2, -0.15) is 0 Å². The Balaban J connectivity index is 2.40. The Bertz CT molecular complexity index is 647. The molecule has 1 heterocycles. The number of benzene rings is 1. The van der Waals surface area contributed by atoms with Crippen molar-refractivity contribution in [3.63, 3.8) is 0 Å². The van der Waals surface area contributed by atoms with Crippen molar-refractivity contribution >= 4 is 17.7 Å². The topological polar surface area (TPSA) is 63.1 Å². The fourth-order valence-electron chi connectivity index (χ4n) is 1.43. The highest BCUT2D eigenvalue weighted by atomic mass is 32.2. The Labute approximate surface area is 113 Å². The maximum atomic E-state index is 13.7. The summed E-state index contributed by atoms with van der Waals surface area (Å²) in [6.45, 7) is 3.56. The molecule has 0 fully saturated rings. The van der Waals surface area contributed by atoms with Crippen LogP contribution in [0.4, 0.5) is 4.39 Å². The second kappa shape index (κ2) is 5.36. The molecule has 98 valence electrons. The number of aromatic carboxylic acids is 1. The van der Waals surface area contributed by atoms with Crippen molar-refractivity contribution in [3.8, 4) is 0 Å². The lowest BCUT2D eigenvalue weighted by Crippen LogP contribution is -1.98. The molecule has 0 radical (unpaired) electrons. The summed E-state index contributed by atoms with van der Waals surface area (Å²) in [7, 11) is 0. The maximum absolute atomic E-state index is 13.7. The number of carbonyl (C=O) groups is 1. The molecule has 0 unspecified atom stereocenters. The molecular formula is C13H11FN2O2S. The van der Waals surface area contributed by atoms with Gasteiger partial charge in [-0.05, 0) is 32.0 Å². The SMILES string of the molecule is Cc1cnc(C)c(Sc2cc(C(=O)O)ccc2F)n1. The molecule has 0 aliphatic carbocycles. The Hall–Kier alpha value is -1.95. The van der Waals surface area contributed by atoms with E-state index in [1.165, 1.54) is 12.1 Å². The zero-order valence-electron chi connectivity index (χ0n) is 10.3. The van der Waals surface area contributed by atoms with Crippen LogP contribution in [0.1, 0.15) is 21.7 Å². The molecule has 2 aromatic rings. The lowest BCUT2D eigenvalue weighted by molar-refractivity contribution is 0.0696. The third-order valence-corrected chi connectivity index (χ3v) is 3.53. The van der Waals surface area contributed by atoms with Crippen molar-refractivity contribution in [3.05, 3.63) is 47.2 Å². The van der Waals surface area contributed by atoms with E-state index in [0.29, 0.717) is 10.7 Å². The largest absolute Gasteiger partial charge is 0.478 e. The summed E-state index contributed by atoms with van der Waals surface area (Å²) in [6, 6.07) is 3.67. The molecule has 19 heavy (non-hydrogen) atoms. The van der Waals surface area contributed by atoms with Crippen molar-refractivity contribution < 1.29 is 14.3 Å². The van der Waals surface area contributed by atoms with Crippen molar-refractivity contribution in [1.82, 2.24) is 9.97 Å². The van der Waals surface area contributed by atoms with Crippen LogP contribution in [0.3, 0.4) is 0 Å². The van der Waals surface area contributed by atoms with Gasteiger partial charge in [0.2, 0.25) is 0 Å². The quantitative estimate of drug-likeness (QED) is 0.934. The predicted octanol–water partition coefficient (Wildman–Crippen LogP) is 3.08. The predicted molar refractivity (Wildman–Crippen MR) is 69.0 cm³/mol. The van der Waals surface area contributed by atoms with Crippen molar-refractivity contribution in [2.24, 2.45) is 0 Å². The summed E-state index contributed by atoms with van der Waals surface area (Å²) < 4.78 is 13.7. The van der Waals surface area contributed by atoms with Gasteiger partial charge in [-0.1, -0.05) is 11.8 Å². The van der Waals surface area contributed by atoms with Crippen molar-refractivity contribution in [1.29, 1.82) is 0 Å². The van der Waals surface area contributed by atoms with E-state index in [0.717, 1.165) is 23.5 Å². The van der Waals surface area contributed by atoms with E-state index < -0.39 is 11.8 Å². The number of carboxylic acid groups (broad SMARTS) is 1. The number of aryl methyl sites for hydroxylation is 2. The van der Waals surface area contributed by atoms with Gasteiger partial charge in [0.25, 0.3) is 0 Å². The first kappa shape index (κ1) is 13.5. The van der Waals surface area contributed by atoms with Crippen molar-refractivity contribution in [2.75, 3.05) is 0 Å². The smallest absolute Gasteiger partial charge is 0.335 e. The molecule has 0 aliphatic rings. The van der Waals surface area contributed by atoms with Gasteiger partial charge >= 0.3 is 5.97 Å². The van der Waals surface area contributed by atoms with Crippen LogP contribution in [-0.4, -0.2) is 21.0 Å². The van der Waals surface area contributed by atoms with Gasteiger partial charge in [-0.3, -0.25) is 4.98 Å². The summed E-state index contributed by atoms with van der Waals surface area (Å²) in [5.74, 6) is -1.56. The zero-order chi connectivity index (χ0) is 14.0. The molecule has 0 bridgehead atoms. The average molecular weight is 278 g/mol. The highest BCUT2D eigenvalue weighted by Gasteiger charge is 2.12. The van der Waals surface area contributed by atoms with Gasteiger partial charge in [-0.15, -0.1) is 0 Å². The molecule has 6 heteroatoms. The van der Waals surface area contributed by atoms with Crippen LogP contribution in [-0.2, 0) is 0 Å². The fourth-order valence-corrected chi connectivity index (χ4v) is 2.38. The fraction of sp³-hybridized carbons (Fsp3) is 0.154. The van der Waals surface area contributed by atoms with E-state index in [4.69, 9.17) is 5.11 Å². The highest BCUT2D eigenvalue weighted by Crippen LogP contribution is 2.30. The van der Waals surface area contributed by atoms with Gasteiger partial charge in [0.1, 0.15) is 10.8 Å². The molecule has 1 aromatic heterocycles. The monoisotopic (exact) mass is 278 g/mol. The minimum atomic E-state index is -1.09. The minimum absolute atomic E-state index is 0.0437. The van der Waals surface area contributed by atoms with Gasteiger partial charge in [-0.25, -0.2) is 14.2 Å². The van der Waals surface area contributed by atoms with Crippen LogP contribution in [0.5, 0.6) is 0 Å². The molecule has 0 atom stereocenters.